The number of aromatic nitrogens is 3. The molecule has 186 valence electrons. The topological polar surface area (TPSA) is 120 Å². The number of nitrogens with zero attached hydrogens (tertiary/aromatic N) is 6. The van der Waals surface area contributed by atoms with E-state index in [1.165, 1.54) is 18.5 Å². The van der Waals surface area contributed by atoms with Crippen LogP contribution in [0.15, 0.2) is 30.6 Å². The number of carboxylic acid groups (broad SMARTS) is 1. The van der Waals surface area contributed by atoms with E-state index in [1.807, 2.05) is 11.0 Å². The van der Waals surface area contributed by atoms with Crippen LogP contribution in [0, 0.1) is 5.82 Å². The summed E-state index contributed by atoms with van der Waals surface area (Å²) in [6.45, 7) is 10.0. The van der Waals surface area contributed by atoms with Crippen molar-refractivity contribution in [3.63, 3.8) is 0 Å². The molecule has 0 atom stereocenters. The van der Waals surface area contributed by atoms with Crippen LogP contribution in [0.5, 0.6) is 0 Å². The molecular formula is C24H30FN7O3. The fourth-order valence-corrected chi connectivity index (χ4v) is 4.52. The second-order valence-electron chi connectivity index (χ2n) is 9.69. The Morgan fingerprint density at radius 3 is 2.43 bits per heavy atom. The molecule has 1 fully saturated rings. The van der Waals surface area contributed by atoms with Gasteiger partial charge in [-0.3, -0.25) is 14.6 Å². The zero-order chi connectivity index (χ0) is 25.5. The zero-order valence-electron chi connectivity index (χ0n) is 20.3. The van der Waals surface area contributed by atoms with Crippen LogP contribution in [0.1, 0.15) is 33.4 Å². The minimum absolute atomic E-state index is 0.0231. The van der Waals surface area contributed by atoms with Gasteiger partial charge >= 0.3 is 6.09 Å². The molecule has 35 heavy (non-hydrogen) atoms. The third-order valence-electron chi connectivity index (χ3n) is 6.22. The Kier molecular flexibility index (Phi) is 6.37. The fourth-order valence-electron chi connectivity index (χ4n) is 4.52. The van der Waals surface area contributed by atoms with Crippen LogP contribution in [0.2, 0.25) is 0 Å². The summed E-state index contributed by atoms with van der Waals surface area (Å²) in [5.41, 5.74) is 7.96. The second kappa shape index (κ2) is 9.14. The first-order valence-electron chi connectivity index (χ1n) is 11.4. The highest BCUT2D eigenvalue weighted by Crippen LogP contribution is 2.35. The number of carbonyl (C=O) groups excluding carboxylic acids is 1. The lowest BCUT2D eigenvalue weighted by atomic mass is 10.0. The van der Waals surface area contributed by atoms with Crippen molar-refractivity contribution >= 4 is 29.0 Å². The van der Waals surface area contributed by atoms with Crippen LogP contribution in [0.4, 0.5) is 20.7 Å². The maximum Gasteiger partial charge on any atom is 0.412 e. The molecule has 2 amide bonds. The number of piperazine rings is 1. The maximum absolute atomic E-state index is 15.2. The zero-order valence-corrected chi connectivity index (χ0v) is 20.3. The van der Waals surface area contributed by atoms with Gasteiger partial charge in [0.1, 0.15) is 17.7 Å². The van der Waals surface area contributed by atoms with E-state index in [9.17, 15) is 14.7 Å². The third-order valence-corrected chi connectivity index (χ3v) is 6.22. The summed E-state index contributed by atoms with van der Waals surface area (Å²) in [5.74, 6) is -0.329. The normalized spacial score (nSPS) is 14.9. The Morgan fingerprint density at radius 1 is 1.17 bits per heavy atom. The first-order chi connectivity index (χ1) is 16.5. The average Bonchev–Trinajstić information content (AvgIpc) is 3.14. The van der Waals surface area contributed by atoms with E-state index in [1.54, 1.807) is 38.3 Å². The Morgan fingerprint density at radius 2 is 1.86 bits per heavy atom. The van der Waals surface area contributed by atoms with Gasteiger partial charge in [0, 0.05) is 50.7 Å². The van der Waals surface area contributed by atoms with Gasteiger partial charge in [-0.15, -0.1) is 0 Å². The van der Waals surface area contributed by atoms with Gasteiger partial charge < -0.3 is 15.7 Å². The Balaban J connectivity index is 1.71. The summed E-state index contributed by atoms with van der Waals surface area (Å²) in [5, 5.41) is 14.0. The molecule has 0 aliphatic carbocycles. The number of hydrogen-bond acceptors (Lipinski definition) is 6. The maximum atomic E-state index is 15.2. The van der Waals surface area contributed by atoms with Crippen LogP contribution < -0.4 is 10.6 Å². The number of nitrogen functional groups attached to an aromatic ring is 1. The smallest absolute Gasteiger partial charge is 0.412 e. The first-order valence-corrected chi connectivity index (χ1v) is 11.4. The molecular weight excluding hydrogens is 453 g/mol. The Labute approximate surface area is 202 Å². The number of carbonyl (C=O) groups is 2. The van der Waals surface area contributed by atoms with Gasteiger partial charge in [0.15, 0.2) is 5.82 Å². The lowest BCUT2D eigenvalue weighted by Crippen LogP contribution is -2.47. The van der Waals surface area contributed by atoms with Crippen LogP contribution >= 0.6 is 0 Å². The van der Waals surface area contributed by atoms with E-state index in [0.717, 1.165) is 23.7 Å². The fraction of sp³-hybridized carbons (Fsp3) is 0.417. The number of rotatable bonds is 4. The van der Waals surface area contributed by atoms with Gasteiger partial charge in [0.05, 0.1) is 11.4 Å². The minimum Gasteiger partial charge on any atom is -0.465 e. The summed E-state index contributed by atoms with van der Waals surface area (Å²) in [4.78, 5) is 32.6. The van der Waals surface area contributed by atoms with Crippen molar-refractivity contribution in [3.8, 4) is 11.1 Å². The van der Waals surface area contributed by atoms with Crippen molar-refractivity contribution < 1.29 is 19.1 Å². The van der Waals surface area contributed by atoms with Crippen molar-refractivity contribution in [3.05, 3.63) is 42.1 Å². The van der Waals surface area contributed by atoms with Crippen LogP contribution in [-0.4, -0.2) is 73.2 Å². The molecule has 3 heterocycles. The summed E-state index contributed by atoms with van der Waals surface area (Å²) in [7, 11) is 0. The Hall–Kier alpha value is -3.73. The molecule has 1 saturated heterocycles. The number of nitrogens with two attached hydrogens (primary N) is 1. The van der Waals surface area contributed by atoms with Crippen molar-refractivity contribution in [2.24, 2.45) is 0 Å². The number of halogens is 1. The predicted octanol–water partition coefficient (Wildman–Crippen LogP) is 3.06. The molecule has 1 aliphatic heterocycles. The van der Waals surface area contributed by atoms with Crippen LogP contribution in [0.25, 0.3) is 16.6 Å². The summed E-state index contributed by atoms with van der Waals surface area (Å²) >= 11 is 0. The SMILES string of the molecule is CC(=O)N1CCN(Cc2cc(-c3ccc(N(C(=O)O)C(C)(C)C)c(F)c3)c3c(N)ncnn23)CC1. The van der Waals surface area contributed by atoms with Crippen LogP contribution in [0.3, 0.4) is 0 Å². The monoisotopic (exact) mass is 483 g/mol. The molecule has 0 spiro atoms. The molecule has 1 aliphatic rings. The van der Waals surface area contributed by atoms with Crippen molar-refractivity contribution in [2.75, 3.05) is 36.8 Å². The molecule has 1 aromatic carbocycles. The second-order valence-corrected chi connectivity index (χ2v) is 9.69. The van der Waals surface area contributed by atoms with Gasteiger partial charge in [-0.1, -0.05) is 6.07 Å². The van der Waals surface area contributed by atoms with Gasteiger partial charge in [-0.05, 0) is 44.5 Å². The molecule has 10 nitrogen and oxygen atoms in total. The lowest BCUT2D eigenvalue weighted by Gasteiger charge is -2.33. The Bertz CT molecular complexity index is 1280. The van der Waals surface area contributed by atoms with E-state index in [-0.39, 0.29) is 17.4 Å². The molecule has 3 aromatic rings. The number of anilines is 2. The highest BCUT2D eigenvalue weighted by molar-refractivity contribution is 5.91. The first kappa shape index (κ1) is 24.4. The van der Waals surface area contributed by atoms with E-state index >= 15 is 4.39 Å². The van der Waals surface area contributed by atoms with Crippen LogP contribution in [-0.2, 0) is 11.3 Å². The van der Waals surface area contributed by atoms with Gasteiger partial charge in [0.2, 0.25) is 5.91 Å². The van der Waals surface area contributed by atoms with Crippen molar-refractivity contribution in [1.29, 1.82) is 0 Å². The standard InChI is InChI=1S/C24H30FN7O3/c1-15(33)30-9-7-29(8-10-30)13-17-12-18(21-22(26)27-14-28-32(17)21)16-5-6-20(19(25)11-16)31(23(34)35)24(2,3)4/h5-6,11-12,14H,7-10,13H2,1-4H3,(H,34,35)(H2,26,27,28). The average molecular weight is 484 g/mol. The summed E-state index contributed by atoms with van der Waals surface area (Å²) in [6.07, 6.45) is 0.143. The van der Waals surface area contributed by atoms with Gasteiger partial charge in [-0.25, -0.2) is 18.7 Å². The molecule has 0 saturated carbocycles. The van der Waals surface area contributed by atoms with Gasteiger partial charge in [-0.2, -0.15) is 5.10 Å². The van der Waals surface area contributed by atoms with Crippen molar-refractivity contribution in [2.45, 2.75) is 39.8 Å². The molecule has 2 aromatic heterocycles. The van der Waals surface area contributed by atoms with Gasteiger partial charge in [0.25, 0.3) is 0 Å². The van der Waals surface area contributed by atoms with E-state index in [2.05, 4.69) is 15.0 Å². The number of amides is 2. The third kappa shape index (κ3) is 4.76. The lowest BCUT2D eigenvalue weighted by molar-refractivity contribution is -0.130. The molecule has 0 unspecified atom stereocenters. The highest BCUT2D eigenvalue weighted by Gasteiger charge is 2.30. The molecule has 0 radical (unpaired) electrons. The molecule has 0 bridgehead atoms. The highest BCUT2D eigenvalue weighted by atomic mass is 19.1. The largest absolute Gasteiger partial charge is 0.465 e. The number of fused-ring (bicyclic) bond motifs is 1. The van der Waals surface area contributed by atoms with Crippen molar-refractivity contribution in [1.82, 2.24) is 24.4 Å². The molecule has 11 heteroatoms. The number of benzene rings is 1. The number of hydrogen-bond donors (Lipinski definition) is 2. The summed E-state index contributed by atoms with van der Waals surface area (Å²) in [6, 6.07) is 6.37. The molecule has 3 N–H and O–H groups in total. The quantitative estimate of drug-likeness (QED) is 0.585. The predicted molar refractivity (Wildman–Crippen MR) is 131 cm³/mol. The van der Waals surface area contributed by atoms with E-state index < -0.39 is 17.4 Å². The van der Waals surface area contributed by atoms with E-state index in [4.69, 9.17) is 5.73 Å². The summed E-state index contributed by atoms with van der Waals surface area (Å²) < 4.78 is 17.0. The minimum atomic E-state index is -1.23. The van der Waals surface area contributed by atoms with E-state index in [0.29, 0.717) is 36.3 Å². The molecule has 4 rings (SSSR count).